The molecule has 8 aliphatic rings. The van der Waals surface area contributed by atoms with Crippen molar-refractivity contribution >= 4 is 69.6 Å². The number of imide groups is 2. The third-order valence-corrected chi connectivity index (χ3v) is 16.0. The number of carbonyl (C=O) groups excluding carboxylic acids is 4. The molecule has 2 spiro atoms. The number of likely N-dealkylation sites (N-methyl/N-ethyl adjacent to an activating group) is 2. The fourth-order valence-corrected chi connectivity index (χ4v) is 12.6. The Morgan fingerprint density at radius 1 is 0.617 bits per heavy atom. The van der Waals surface area contributed by atoms with Crippen LogP contribution in [-0.4, -0.2) is 58.7 Å². The standard InChI is InChI=1S/C48H42N4O6S2/c1-25-31(43(53)51(3)45(55)35(25)23-49)19-29-21-39-41(59-29)33-15-27-18-38-34(16-28(27)17-37(33)47(57-39)11-7-5-8-12-47)42-40(58-48(38)13-9-6-10-14-48)22-30(60-42)20-32-26(2)36(24-50)46(56)52(4)44(32)54/h15-22,27-28H,5-14H2,1-4H3/b31-19-,32-20+. The van der Waals surface area contributed by atoms with Gasteiger partial charge in [0.1, 0.15) is 46.0 Å². The molecule has 2 atom stereocenters. The Labute approximate surface area is 356 Å². The first-order chi connectivity index (χ1) is 28.9. The lowest BCUT2D eigenvalue weighted by atomic mass is 9.65. The number of carbonyl (C=O) groups is 4. The SMILES string of the molecule is CC1=C(C#N)C(=O)N(C)C(=O)/C1=C\c1cc2c(s1)C1=CC3C=C4C(=CC3C=C1C1(CCCCC1)O2)c1sc(/C=C2/C(=O)N(C)C(=O)C(C#N)=C2C)cc1OC41CCCCC1. The number of ether oxygens (including phenoxy) is 2. The van der Waals surface area contributed by atoms with Crippen molar-refractivity contribution in [1.82, 2.24) is 9.80 Å². The van der Waals surface area contributed by atoms with Gasteiger partial charge in [-0.05, 0) is 112 Å². The van der Waals surface area contributed by atoms with E-state index in [4.69, 9.17) is 9.47 Å². The largest absolute Gasteiger partial charge is 0.481 e. The first-order valence-corrected chi connectivity index (χ1v) is 22.4. The summed E-state index contributed by atoms with van der Waals surface area (Å²) < 4.78 is 14.2. The highest BCUT2D eigenvalue weighted by molar-refractivity contribution is 7.15. The molecule has 2 aromatic rings. The number of nitrogens with zero attached hydrogens (tertiary/aromatic N) is 4. The van der Waals surface area contributed by atoms with Crippen LogP contribution in [-0.2, 0) is 19.2 Å². The van der Waals surface area contributed by atoms with E-state index in [1.54, 1.807) is 48.7 Å². The molecule has 0 aromatic carbocycles. The topological polar surface area (TPSA) is 141 Å². The molecule has 60 heavy (non-hydrogen) atoms. The smallest absolute Gasteiger partial charge is 0.271 e. The molecule has 4 aliphatic carbocycles. The Balaban J connectivity index is 1.08. The minimum absolute atomic E-state index is 0.0253. The number of fused-ring (bicyclic) bond motifs is 9. The number of thiophene rings is 2. The molecule has 10 rings (SSSR count). The molecule has 0 N–H and O–H groups in total. The first-order valence-electron chi connectivity index (χ1n) is 20.7. The summed E-state index contributed by atoms with van der Waals surface area (Å²) in [4.78, 5) is 57.8. The van der Waals surface area contributed by atoms with Gasteiger partial charge in [-0.15, -0.1) is 22.7 Å². The van der Waals surface area contributed by atoms with Crippen molar-refractivity contribution in [3.63, 3.8) is 0 Å². The van der Waals surface area contributed by atoms with Gasteiger partial charge in [0.25, 0.3) is 23.6 Å². The summed E-state index contributed by atoms with van der Waals surface area (Å²) in [5.41, 5.74) is 5.21. The molecule has 0 radical (unpaired) electrons. The summed E-state index contributed by atoms with van der Waals surface area (Å²) in [5.74, 6) is -0.291. The minimum Gasteiger partial charge on any atom is -0.481 e. The van der Waals surface area contributed by atoms with E-state index in [0.717, 1.165) is 105 Å². The number of rotatable bonds is 2. The maximum Gasteiger partial charge on any atom is 0.271 e. The Morgan fingerprint density at radius 3 is 1.37 bits per heavy atom. The average molecular weight is 835 g/mol. The van der Waals surface area contributed by atoms with Gasteiger partial charge in [-0.25, -0.2) is 0 Å². The number of allylic oxidation sites excluding steroid dienone is 4. The highest BCUT2D eigenvalue weighted by Gasteiger charge is 2.50. The molecule has 4 aliphatic heterocycles. The van der Waals surface area contributed by atoms with Gasteiger partial charge in [0, 0.05) is 58.0 Å². The highest BCUT2D eigenvalue weighted by Crippen LogP contribution is 2.60. The van der Waals surface area contributed by atoms with Gasteiger partial charge in [0.15, 0.2) is 0 Å². The molecule has 0 bridgehead atoms. The third-order valence-electron chi connectivity index (χ3n) is 13.8. The third kappa shape index (κ3) is 5.60. The number of hydrogen-bond donors (Lipinski definition) is 0. The minimum atomic E-state index is -0.586. The van der Waals surface area contributed by atoms with Crippen molar-refractivity contribution in [3.05, 3.63) is 101 Å². The lowest BCUT2D eigenvalue weighted by Crippen LogP contribution is -2.45. The number of amides is 4. The summed E-state index contributed by atoms with van der Waals surface area (Å²) in [7, 11) is 2.82. The van der Waals surface area contributed by atoms with Crippen molar-refractivity contribution in [3.8, 4) is 23.6 Å². The molecule has 4 amide bonds. The summed E-state index contributed by atoms with van der Waals surface area (Å²) in [6, 6.07) is 8.02. The van der Waals surface area contributed by atoms with Crippen molar-refractivity contribution in [2.24, 2.45) is 11.8 Å². The lowest BCUT2D eigenvalue weighted by molar-refractivity contribution is -0.140. The normalized spacial score (nSPS) is 26.6. The molecule has 2 aromatic heterocycles. The van der Waals surface area contributed by atoms with Gasteiger partial charge < -0.3 is 9.47 Å². The predicted octanol–water partition coefficient (Wildman–Crippen LogP) is 9.02. The molecule has 302 valence electrons. The fraction of sp³-hybridized carbons (Fsp3) is 0.375. The van der Waals surface area contributed by atoms with Gasteiger partial charge in [0.2, 0.25) is 0 Å². The quantitative estimate of drug-likeness (QED) is 0.216. The van der Waals surface area contributed by atoms with E-state index in [9.17, 15) is 29.7 Å². The van der Waals surface area contributed by atoms with Gasteiger partial charge in [-0.3, -0.25) is 29.0 Å². The monoisotopic (exact) mass is 834 g/mol. The molecule has 2 saturated carbocycles. The Kier molecular flexibility index (Phi) is 8.87. The fourth-order valence-electron chi connectivity index (χ4n) is 10.5. The van der Waals surface area contributed by atoms with Crippen LogP contribution in [0.2, 0.25) is 0 Å². The Bertz CT molecular complexity index is 2550. The van der Waals surface area contributed by atoms with E-state index in [0.29, 0.717) is 22.3 Å². The van der Waals surface area contributed by atoms with E-state index >= 15 is 0 Å². The van der Waals surface area contributed by atoms with Crippen molar-refractivity contribution in [2.45, 2.75) is 89.3 Å². The zero-order chi connectivity index (χ0) is 41.8. The second-order valence-electron chi connectivity index (χ2n) is 17.2. The maximum absolute atomic E-state index is 13.3. The van der Waals surface area contributed by atoms with Crippen LogP contribution >= 0.6 is 22.7 Å². The Morgan fingerprint density at radius 2 is 1.00 bits per heavy atom. The van der Waals surface area contributed by atoms with Gasteiger partial charge in [0.05, 0.1) is 9.75 Å². The Hall–Kier alpha value is -5.82. The van der Waals surface area contributed by atoms with Crippen LogP contribution in [0.3, 0.4) is 0 Å². The molecular formula is C48H42N4O6S2. The zero-order valence-corrected chi connectivity index (χ0v) is 35.5. The van der Waals surface area contributed by atoms with Gasteiger partial charge >= 0.3 is 0 Å². The van der Waals surface area contributed by atoms with E-state index < -0.39 is 34.8 Å². The van der Waals surface area contributed by atoms with Crippen molar-refractivity contribution in [1.29, 1.82) is 10.5 Å². The highest BCUT2D eigenvalue weighted by atomic mass is 32.1. The summed E-state index contributed by atoms with van der Waals surface area (Å²) in [5, 5.41) is 19.5. The van der Waals surface area contributed by atoms with Crippen LogP contribution in [0.25, 0.3) is 23.3 Å². The van der Waals surface area contributed by atoms with Crippen molar-refractivity contribution < 1.29 is 28.7 Å². The lowest BCUT2D eigenvalue weighted by Gasteiger charge is -2.48. The second-order valence-corrected chi connectivity index (χ2v) is 19.3. The van der Waals surface area contributed by atoms with Gasteiger partial charge in [-0.1, -0.05) is 37.1 Å². The van der Waals surface area contributed by atoms with Crippen LogP contribution in [0.1, 0.15) is 97.6 Å². The van der Waals surface area contributed by atoms with E-state index in [-0.39, 0.29) is 23.0 Å². The predicted molar refractivity (Wildman–Crippen MR) is 229 cm³/mol. The maximum atomic E-state index is 13.3. The second kappa shape index (κ2) is 13.9. The van der Waals surface area contributed by atoms with Crippen molar-refractivity contribution in [2.75, 3.05) is 14.1 Å². The molecule has 6 heterocycles. The van der Waals surface area contributed by atoms with Crippen LogP contribution < -0.4 is 9.47 Å². The molecule has 2 fully saturated rings. The van der Waals surface area contributed by atoms with E-state index in [2.05, 4.69) is 24.3 Å². The van der Waals surface area contributed by atoms with Crippen LogP contribution in [0.4, 0.5) is 0 Å². The summed E-state index contributed by atoms with van der Waals surface area (Å²) >= 11 is 3.13. The number of nitriles is 2. The summed E-state index contributed by atoms with van der Waals surface area (Å²) in [6.45, 7) is 3.32. The molecule has 12 heteroatoms. The van der Waals surface area contributed by atoms with E-state index in [1.165, 1.54) is 36.4 Å². The van der Waals surface area contributed by atoms with E-state index in [1.807, 2.05) is 24.3 Å². The molecular weight excluding hydrogens is 793 g/mol. The van der Waals surface area contributed by atoms with Crippen LogP contribution in [0, 0.1) is 34.5 Å². The molecule has 2 unspecified atom stereocenters. The first kappa shape index (κ1) is 38.4. The summed E-state index contributed by atoms with van der Waals surface area (Å²) in [6.07, 6.45) is 23.5. The number of hydrogen-bond acceptors (Lipinski definition) is 10. The molecule has 0 saturated heterocycles. The van der Waals surface area contributed by atoms with Crippen LogP contribution in [0.15, 0.2) is 81.0 Å². The van der Waals surface area contributed by atoms with Crippen LogP contribution in [0.5, 0.6) is 11.5 Å². The molecule has 10 nitrogen and oxygen atoms in total. The van der Waals surface area contributed by atoms with Gasteiger partial charge in [-0.2, -0.15) is 10.5 Å². The zero-order valence-electron chi connectivity index (χ0n) is 33.9. The average Bonchev–Trinajstić information content (AvgIpc) is 3.85.